The van der Waals surface area contributed by atoms with Crippen molar-refractivity contribution in [1.82, 2.24) is 10.3 Å². The summed E-state index contributed by atoms with van der Waals surface area (Å²) in [4.78, 5) is 5.29. The van der Waals surface area contributed by atoms with E-state index in [2.05, 4.69) is 10.3 Å². The van der Waals surface area contributed by atoms with Crippen molar-refractivity contribution in [3.05, 3.63) is 24.0 Å². The highest BCUT2D eigenvalue weighted by atomic mass is 19.4. The number of hydrogen-bond donors (Lipinski definition) is 1. The fourth-order valence-electron chi connectivity index (χ4n) is 2.20. The number of hydrogen-bond acceptors (Lipinski definition) is 3. The lowest BCUT2D eigenvalue weighted by Gasteiger charge is -2.33. The zero-order valence-electron chi connectivity index (χ0n) is 10.2. The van der Waals surface area contributed by atoms with E-state index in [1.807, 2.05) is 11.9 Å². The van der Waals surface area contributed by atoms with Crippen molar-refractivity contribution in [2.24, 2.45) is 0 Å². The maximum absolute atomic E-state index is 12.6. The standard InChI is InChI=1S/C12H16F3N3/c1-18(9-2-5-16-6-3-9)10-4-7-17-11(8-10)12(13,14)15/h4,7-9,16H,2-3,5-6H2,1H3. The molecule has 2 heterocycles. The van der Waals surface area contributed by atoms with E-state index < -0.39 is 11.9 Å². The van der Waals surface area contributed by atoms with E-state index in [4.69, 9.17) is 0 Å². The summed E-state index contributed by atoms with van der Waals surface area (Å²) >= 11 is 0. The van der Waals surface area contributed by atoms with Crippen LogP contribution in [0.2, 0.25) is 0 Å². The van der Waals surface area contributed by atoms with E-state index in [1.165, 1.54) is 6.20 Å². The number of pyridine rings is 1. The molecule has 1 aromatic heterocycles. The molecule has 1 N–H and O–H groups in total. The van der Waals surface area contributed by atoms with Gasteiger partial charge in [-0.3, -0.25) is 4.98 Å². The summed E-state index contributed by atoms with van der Waals surface area (Å²) in [5.74, 6) is 0. The Morgan fingerprint density at radius 1 is 1.33 bits per heavy atom. The predicted octanol–water partition coefficient (Wildman–Crippen LogP) is 2.29. The topological polar surface area (TPSA) is 28.2 Å². The highest BCUT2D eigenvalue weighted by Gasteiger charge is 2.33. The van der Waals surface area contributed by atoms with Crippen molar-refractivity contribution < 1.29 is 13.2 Å². The van der Waals surface area contributed by atoms with Crippen LogP contribution in [0.3, 0.4) is 0 Å². The largest absolute Gasteiger partial charge is 0.433 e. The van der Waals surface area contributed by atoms with Gasteiger partial charge in [0.1, 0.15) is 5.69 Å². The first-order valence-corrected chi connectivity index (χ1v) is 5.95. The Bertz CT molecular complexity index is 400. The van der Waals surface area contributed by atoms with Gasteiger partial charge >= 0.3 is 6.18 Å². The van der Waals surface area contributed by atoms with Gasteiger partial charge in [0.25, 0.3) is 0 Å². The SMILES string of the molecule is CN(c1ccnc(C(F)(F)F)c1)C1CCNCC1. The maximum atomic E-state index is 12.6. The summed E-state index contributed by atoms with van der Waals surface area (Å²) in [6.07, 6.45) is -1.28. The highest BCUT2D eigenvalue weighted by molar-refractivity contribution is 5.47. The zero-order chi connectivity index (χ0) is 13.2. The van der Waals surface area contributed by atoms with E-state index in [-0.39, 0.29) is 6.04 Å². The van der Waals surface area contributed by atoms with Gasteiger partial charge in [-0.2, -0.15) is 13.2 Å². The number of rotatable bonds is 2. The molecule has 0 atom stereocenters. The van der Waals surface area contributed by atoms with E-state index in [1.54, 1.807) is 6.07 Å². The van der Waals surface area contributed by atoms with Crippen LogP contribution >= 0.6 is 0 Å². The average Bonchev–Trinajstić information content (AvgIpc) is 2.38. The van der Waals surface area contributed by atoms with Crippen molar-refractivity contribution >= 4 is 5.69 Å². The molecule has 1 aliphatic heterocycles. The number of nitrogens with one attached hydrogen (secondary N) is 1. The Kier molecular flexibility index (Phi) is 3.75. The fraction of sp³-hybridized carbons (Fsp3) is 0.583. The molecule has 1 fully saturated rings. The van der Waals surface area contributed by atoms with Crippen LogP contribution in [-0.4, -0.2) is 31.2 Å². The van der Waals surface area contributed by atoms with E-state index in [9.17, 15) is 13.2 Å². The van der Waals surface area contributed by atoms with Crippen molar-refractivity contribution in [2.45, 2.75) is 25.1 Å². The molecule has 18 heavy (non-hydrogen) atoms. The van der Waals surface area contributed by atoms with Gasteiger partial charge in [0, 0.05) is 25.0 Å². The molecule has 0 bridgehead atoms. The van der Waals surface area contributed by atoms with Gasteiger partial charge in [0.15, 0.2) is 0 Å². The molecule has 100 valence electrons. The molecule has 0 amide bonds. The molecule has 3 nitrogen and oxygen atoms in total. The molecule has 0 radical (unpaired) electrons. The van der Waals surface area contributed by atoms with Gasteiger partial charge in [-0.05, 0) is 38.1 Å². The highest BCUT2D eigenvalue weighted by Crippen LogP contribution is 2.30. The minimum Gasteiger partial charge on any atom is -0.371 e. The third-order valence-corrected chi connectivity index (χ3v) is 3.30. The third kappa shape index (κ3) is 2.93. The molecule has 0 spiro atoms. The molecule has 2 rings (SSSR count). The number of nitrogens with zero attached hydrogens (tertiary/aromatic N) is 2. The van der Waals surface area contributed by atoms with Crippen molar-refractivity contribution in [2.75, 3.05) is 25.0 Å². The predicted molar refractivity (Wildman–Crippen MR) is 63.5 cm³/mol. The van der Waals surface area contributed by atoms with Crippen LogP contribution in [0.25, 0.3) is 0 Å². The number of halogens is 3. The number of piperidine rings is 1. The minimum absolute atomic E-state index is 0.287. The van der Waals surface area contributed by atoms with Gasteiger partial charge in [0.2, 0.25) is 0 Å². The number of anilines is 1. The lowest BCUT2D eigenvalue weighted by molar-refractivity contribution is -0.141. The molecule has 1 aliphatic rings. The van der Waals surface area contributed by atoms with Crippen molar-refractivity contribution in [3.8, 4) is 0 Å². The summed E-state index contributed by atoms with van der Waals surface area (Å²) in [6, 6.07) is 3.02. The van der Waals surface area contributed by atoms with Gasteiger partial charge in [0.05, 0.1) is 0 Å². The van der Waals surface area contributed by atoms with Crippen LogP contribution in [0.15, 0.2) is 18.3 Å². The van der Waals surface area contributed by atoms with Gasteiger partial charge in [-0.25, -0.2) is 0 Å². The first-order chi connectivity index (χ1) is 8.48. The molecule has 1 saturated heterocycles. The summed E-state index contributed by atoms with van der Waals surface area (Å²) in [5, 5.41) is 3.24. The summed E-state index contributed by atoms with van der Waals surface area (Å²) < 4.78 is 37.7. The van der Waals surface area contributed by atoms with Crippen LogP contribution in [0.4, 0.5) is 18.9 Å². The lowest BCUT2D eigenvalue weighted by Crippen LogP contribution is -2.41. The maximum Gasteiger partial charge on any atom is 0.433 e. The van der Waals surface area contributed by atoms with Crippen LogP contribution in [0.1, 0.15) is 18.5 Å². The minimum atomic E-state index is -4.38. The van der Waals surface area contributed by atoms with Crippen molar-refractivity contribution in [3.63, 3.8) is 0 Å². The average molecular weight is 259 g/mol. The summed E-state index contributed by atoms with van der Waals surface area (Å²) in [7, 11) is 1.84. The van der Waals surface area contributed by atoms with Crippen LogP contribution in [0.5, 0.6) is 0 Å². The molecule has 6 heteroatoms. The van der Waals surface area contributed by atoms with E-state index in [0.29, 0.717) is 5.69 Å². The van der Waals surface area contributed by atoms with Gasteiger partial charge < -0.3 is 10.2 Å². The summed E-state index contributed by atoms with van der Waals surface area (Å²) in [5.41, 5.74) is -0.259. The van der Waals surface area contributed by atoms with Crippen molar-refractivity contribution in [1.29, 1.82) is 0 Å². The Morgan fingerprint density at radius 3 is 2.61 bits per heavy atom. The molecule has 0 saturated carbocycles. The van der Waals surface area contributed by atoms with Crippen LogP contribution in [0, 0.1) is 0 Å². The second-order valence-corrected chi connectivity index (χ2v) is 4.49. The molecule has 1 aromatic rings. The van der Waals surface area contributed by atoms with E-state index in [0.717, 1.165) is 32.0 Å². The monoisotopic (exact) mass is 259 g/mol. The smallest absolute Gasteiger partial charge is 0.371 e. The second-order valence-electron chi connectivity index (χ2n) is 4.49. The van der Waals surface area contributed by atoms with Gasteiger partial charge in [-0.1, -0.05) is 0 Å². The molecule has 0 aliphatic carbocycles. The quantitative estimate of drug-likeness (QED) is 0.883. The Labute approximate surface area is 104 Å². The zero-order valence-corrected chi connectivity index (χ0v) is 10.2. The Morgan fingerprint density at radius 2 is 2.00 bits per heavy atom. The Balaban J connectivity index is 2.17. The fourth-order valence-corrected chi connectivity index (χ4v) is 2.20. The first kappa shape index (κ1) is 13.1. The molecule has 0 aromatic carbocycles. The normalized spacial score (nSPS) is 17.8. The van der Waals surface area contributed by atoms with Crippen LogP contribution < -0.4 is 10.2 Å². The number of aromatic nitrogens is 1. The number of alkyl halides is 3. The van der Waals surface area contributed by atoms with Gasteiger partial charge in [-0.15, -0.1) is 0 Å². The lowest BCUT2D eigenvalue weighted by atomic mass is 10.0. The molecular formula is C12H16F3N3. The first-order valence-electron chi connectivity index (χ1n) is 5.95. The Hall–Kier alpha value is -1.30. The van der Waals surface area contributed by atoms with Crippen LogP contribution in [-0.2, 0) is 6.18 Å². The third-order valence-electron chi connectivity index (χ3n) is 3.30. The molecular weight excluding hydrogens is 243 g/mol. The summed E-state index contributed by atoms with van der Waals surface area (Å²) in [6.45, 7) is 1.82. The second kappa shape index (κ2) is 5.14. The molecule has 0 unspecified atom stereocenters. The van der Waals surface area contributed by atoms with E-state index >= 15 is 0 Å².